The van der Waals surface area contributed by atoms with Crippen LogP contribution in [-0.4, -0.2) is 12.1 Å². The average Bonchev–Trinajstić information content (AvgIpc) is 3.12. The van der Waals surface area contributed by atoms with Gasteiger partial charge in [-0.1, -0.05) is 55.5 Å². The molecule has 0 saturated carbocycles. The highest BCUT2D eigenvalue weighted by molar-refractivity contribution is 5.85. The molecule has 0 spiro atoms. The van der Waals surface area contributed by atoms with Gasteiger partial charge in [-0.3, -0.25) is 0 Å². The summed E-state index contributed by atoms with van der Waals surface area (Å²) in [7, 11) is 1.71. The van der Waals surface area contributed by atoms with Gasteiger partial charge in [0.1, 0.15) is 5.75 Å². The van der Waals surface area contributed by atoms with E-state index >= 15 is 0 Å². The Morgan fingerprint density at radius 2 is 1.56 bits per heavy atom. The summed E-state index contributed by atoms with van der Waals surface area (Å²) < 4.78 is 5.36. The fourth-order valence-electron chi connectivity index (χ4n) is 3.31. The molecular formula is C23H21NO. The molecule has 3 aromatic carbocycles. The van der Waals surface area contributed by atoms with Crippen molar-refractivity contribution in [2.24, 2.45) is 0 Å². The van der Waals surface area contributed by atoms with Crippen LogP contribution in [0.2, 0.25) is 0 Å². The Labute approximate surface area is 148 Å². The molecular weight excluding hydrogens is 306 g/mol. The van der Waals surface area contributed by atoms with Crippen molar-refractivity contribution >= 4 is 10.9 Å². The van der Waals surface area contributed by atoms with E-state index in [2.05, 4.69) is 78.6 Å². The maximum Gasteiger partial charge on any atom is 0.119 e. The first-order chi connectivity index (χ1) is 12.2. The highest BCUT2D eigenvalue weighted by atomic mass is 16.5. The van der Waals surface area contributed by atoms with Gasteiger partial charge in [-0.05, 0) is 47.0 Å². The van der Waals surface area contributed by atoms with E-state index in [1.165, 1.54) is 27.6 Å². The Morgan fingerprint density at radius 1 is 0.800 bits per heavy atom. The van der Waals surface area contributed by atoms with Crippen molar-refractivity contribution in [1.29, 1.82) is 0 Å². The number of methoxy groups -OCH3 is 1. The summed E-state index contributed by atoms with van der Waals surface area (Å²) in [4.78, 5) is 3.52. The van der Waals surface area contributed by atoms with Crippen LogP contribution in [0.15, 0.2) is 78.9 Å². The quantitative estimate of drug-likeness (QED) is 0.489. The van der Waals surface area contributed by atoms with Crippen LogP contribution in [0.1, 0.15) is 24.0 Å². The predicted molar refractivity (Wildman–Crippen MR) is 104 cm³/mol. The first-order valence-electron chi connectivity index (χ1n) is 8.56. The molecule has 1 atom stereocenters. The Morgan fingerprint density at radius 3 is 2.36 bits per heavy atom. The van der Waals surface area contributed by atoms with E-state index in [9.17, 15) is 0 Å². The molecule has 0 aliphatic rings. The van der Waals surface area contributed by atoms with Gasteiger partial charge in [0.25, 0.3) is 0 Å². The van der Waals surface area contributed by atoms with E-state index in [-0.39, 0.29) is 0 Å². The Kier molecular flexibility index (Phi) is 4.02. The van der Waals surface area contributed by atoms with Gasteiger partial charge >= 0.3 is 0 Å². The van der Waals surface area contributed by atoms with E-state index in [0.29, 0.717) is 5.92 Å². The first-order valence-corrected chi connectivity index (χ1v) is 8.56. The molecule has 0 fully saturated rings. The van der Waals surface area contributed by atoms with E-state index < -0.39 is 0 Å². The maximum absolute atomic E-state index is 5.36. The summed E-state index contributed by atoms with van der Waals surface area (Å²) in [5.41, 5.74) is 6.09. The highest BCUT2D eigenvalue weighted by Crippen LogP contribution is 2.30. The number of fused-ring (bicyclic) bond motifs is 1. The Bertz CT molecular complexity index is 982. The minimum absolute atomic E-state index is 0.305. The van der Waals surface area contributed by atoms with Gasteiger partial charge in [0.2, 0.25) is 0 Å². The minimum Gasteiger partial charge on any atom is -0.497 e. The summed E-state index contributed by atoms with van der Waals surface area (Å²) in [6, 6.07) is 27.6. The number of H-pyrrole nitrogens is 1. The molecule has 124 valence electrons. The largest absolute Gasteiger partial charge is 0.497 e. The molecule has 0 amide bonds. The summed E-state index contributed by atoms with van der Waals surface area (Å²) >= 11 is 0. The zero-order valence-corrected chi connectivity index (χ0v) is 14.5. The molecule has 4 rings (SSSR count). The summed E-state index contributed by atoms with van der Waals surface area (Å²) in [5.74, 6) is 1.20. The average molecular weight is 327 g/mol. The molecule has 0 aliphatic carbocycles. The third kappa shape index (κ3) is 3.03. The fourth-order valence-corrected chi connectivity index (χ4v) is 3.31. The van der Waals surface area contributed by atoms with Crippen LogP contribution < -0.4 is 4.74 Å². The van der Waals surface area contributed by atoms with Crippen LogP contribution in [0, 0.1) is 0 Å². The summed E-state index contributed by atoms with van der Waals surface area (Å²) in [5, 5.41) is 1.24. The van der Waals surface area contributed by atoms with Crippen LogP contribution in [0.3, 0.4) is 0 Å². The van der Waals surface area contributed by atoms with Crippen molar-refractivity contribution in [1.82, 2.24) is 4.98 Å². The van der Waals surface area contributed by atoms with Gasteiger partial charge < -0.3 is 9.72 Å². The normalized spacial score (nSPS) is 12.2. The molecule has 1 N–H and O–H groups in total. The molecule has 1 aromatic heterocycles. The lowest BCUT2D eigenvalue weighted by molar-refractivity contribution is 0.414. The number of hydrogen-bond acceptors (Lipinski definition) is 1. The number of rotatable bonds is 4. The second kappa shape index (κ2) is 6.48. The number of aromatic nitrogens is 1. The molecule has 1 heterocycles. The van der Waals surface area contributed by atoms with Gasteiger partial charge in [-0.25, -0.2) is 0 Å². The number of para-hydroxylation sites is 1. The van der Waals surface area contributed by atoms with Gasteiger partial charge in [0, 0.05) is 22.5 Å². The second-order valence-corrected chi connectivity index (χ2v) is 6.39. The molecule has 0 saturated heterocycles. The number of nitrogens with one attached hydrogen (secondary N) is 1. The predicted octanol–water partition coefficient (Wildman–Crippen LogP) is 6.00. The summed E-state index contributed by atoms with van der Waals surface area (Å²) in [6.07, 6.45) is 0. The third-order valence-electron chi connectivity index (χ3n) is 4.82. The molecule has 4 aromatic rings. The monoisotopic (exact) mass is 327 g/mol. The van der Waals surface area contributed by atoms with Gasteiger partial charge in [0.15, 0.2) is 0 Å². The highest BCUT2D eigenvalue weighted by Gasteiger charge is 2.11. The Balaban J connectivity index is 1.71. The number of aromatic amines is 1. The second-order valence-electron chi connectivity index (χ2n) is 6.39. The standard InChI is InChI=1S/C23H21NO/c1-16(18-9-6-11-21(14-18)25-2)17-8-5-10-19(13-17)23-15-20-7-3-4-12-22(20)24-23/h3-16,24H,1-2H3. The van der Waals surface area contributed by atoms with Gasteiger partial charge in [-0.15, -0.1) is 0 Å². The van der Waals surface area contributed by atoms with Crippen LogP contribution in [0.25, 0.3) is 22.2 Å². The van der Waals surface area contributed by atoms with Crippen LogP contribution in [0.5, 0.6) is 5.75 Å². The van der Waals surface area contributed by atoms with E-state index in [4.69, 9.17) is 4.74 Å². The fraction of sp³-hybridized carbons (Fsp3) is 0.130. The molecule has 0 aliphatic heterocycles. The van der Waals surface area contributed by atoms with Crippen LogP contribution in [-0.2, 0) is 0 Å². The van der Waals surface area contributed by atoms with Crippen molar-refractivity contribution in [3.63, 3.8) is 0 Å². The van der Waals surface area contributed by atoms with Gasteiger partial charge in [-0.2, -0.15) is 0 Å². The maximum atomic E-state index is 5.36. The lowest BCUT2D eigenvalue weighted by atomic mass is 9.91. The molecule has 2 heteroatoms. The van der Waals surface area contributed by atoms with E-state index in [1.54, 1.807) is 7.11 Å². The van der Waals surface area contributed by atoms with Crippen molar-refractivity contribution in [3.05, 3.63) is 90.0 Å². The lowest BCUT2D eigenvalue weighted by Crippen LogP contribution is -1.97. The van der Waals surface area contributed by atoms with E-state index in [0.717, 1.165) is 11.4 Å². The van der Waals surface area contributed by atoms with Crippen molar-refractivity contribution in [2.75, 3.05) is 7.11 Å². The zero-order valence-electron chi connectivity index (χ0n) is 14.5. The molecule has 25 heavy (non-hydrogen) atoms. The lowest BCUT2D eigenvalue weighted by Gasteiger charge is -2.14. The van der Waals surface area contributed by atoms with E-state index in [1.807, 2.05) is 12.1 Å². The number of hydrogen-bond donors (Lipinski definition) is 1. The Hall–Kier alpha value is -3.00. The third-order valence-corrected chi connectivity index (χ3v) is 4.82. The van der Waals surface area contributed by atoms with Crippen molar-refractivity contribution in [2.45, 2.75) is 12.8 Å². The van der Waals surface area contributed by atoms with Crippen molar-refractivity contribution in [3.8, 4) is 17.0 Å². The van der Waals surface area contributed by atoms with Crippen LogP contribution in [0.4, 0.5) is 0 Å². The topological polar surface area (TPSA) is 25.0 Å². The minimum atomic E-state index is 0.305. The number of benzene rings is 3. The zero-order chi connectivity index (χ0) is 17.2. The van der Waals surface area contributed by atoms with Crippen molar-refractivity contribution < 1.29 is 4.74 Å². The first kappa shape index (κ1) is 15.5. The number of ether oxygens (including phenoxy) is 1. The molecule has 1 unspecified atom stereocenters. The smallest absolute Gasteiger partial charge is 0.119 e. The summed E-state index contributed by atoms with van der Waals surface area (Å²) in [6.45, 7) is 2.24. The van der Waals surface area contributed by atoms with Gasteiger partial charge in [0.05, 0.1) is 7.11 Å². The molecule has 0 bridgehead atoms. The molecule has 0 radical (unpaired) electrons. The van der Waals surface area contributed by atoms with Crippen LogP contribution >= 0.6 is 0 Å². The SMILES string of the molecule is COc1cccc(C(C)c2cccc(-c3cc4ccccc4[nH]3)c2)c1. The molecule has 2 nitrogen and oxygen atoms in total.